The molecule has 0 aliphatic carbocycles. The van der Waals surface area contributed by atoms with Gasteiger partial charge in [-0.1, -0.05) is 42.5 Å². The third-order valence-corrected chi connectivity index (χ3v) is 5.94. The zero-order chi connectivity index (χ0) is 21.3. The van der Waals surface area contributed by atoms with Crippen molar-refractivity contribution in [3.63, 3.8) is 0 Å². The predicted octanol–water partition coefficient (Wildman–Crippen LogP) is 3.14. The summed E-state index contributed by atoms with van der Waals surface area (Å²) < 4.78 is 11.4. The quantitative estimate of drug-likeness (QED) is 0.549. The molecule has 0 spiro atoms. The Bertz CT molecular complexity index is 819. The van der Waals surface area contributed by atoms with Crippen LogP contribution in [0.15, 0.2) is 59.6 Å². The van der Waals surface area contributed by atoms with Gasteiger partial charge in [0, 0.05) is 38.8 Å². The Morgan fingerprint density at radius 3 is 2.55 bits per heavy atom. The number of rotatable bonds is 7. The summed E-state index contributed by atoms with van der Waals surface area (Å²) in [7, 11) is 0. The van der Waals surface area contributed by atoms with E-state index >= 15 is 0 Å². The van der Waals surface area contributed by atoms with Crippen molar-refractivity contribution < 1.29 is 9.47 Å². The van der Waals surface area contributed by atoms with Gasteiger partial charge in [-0.15, -0.1) is 0 Å². The second kappa shape index (κ2) is 11.2. The highest BCUT2D eigenvalue weighted by Gasteiger charge is 2.30. The molecule has 0 radical (unpaired) electrons. The molecule has 1 N–H and O–H groups in total. The molecule has 1 atom stereocenters. The monoisotopic (exact) mass is 422 g/mol. The van der Waals surface area contributed by atoms with Crippen LogP contribution in [-0.2, 0) is 17.9 Å². The van der Waals surface area contributed by atoms with E-state index < -0.39 is 0 Å². The van der Waals surface area contributed by atoms with Gasteiger partial charge in [-0.2, -0.15) is 0 Å². The molecule has 2 saturated heterocycles. The lowest BCUT2D eigenvalue weighted by Gasteiger charge is -2.32. The number of guanidine groups is 1. The summed E-state index contributed by atoms with van der Waals surface area (Å²) >= 11 is 0. The molecular weight excluding hydrogens is 388 g/mol. The van der Waals surface area contributed by atoms with Crippen molar-refractivity contribution in [3.8, 4) is 5.75 Å². The van der Waals surface area contributed by atoms with E-state index in [2.05, 4.69) is 46.3 Å². The molecule has 166 valence electrons. The van der Waals surface area contributed by atoms with Crippen LogP contribution in [0.4, 0.5) is 0 Å². The van der Waals surface area contributed by atoms with Crippen molar-refractivity contribution in [2.24, 2.45) is 4.99 Å². The number of benzene rings is 2. The molecule has 6 nitrogen and oxygen atoms in total. The van der Waals surface area contributed by atoms with Gasteiger partial charge in [0.1, 0.15) is 12.4 Å². The van der Waals surface area contributed by atoms with Gasteiger partial charge in [-0.25, -0.2) is 4.99 Å². The first kappa shape index (κ1) is 21.7. The molecule has 2 aromatic rings. The van der Waals surface area contributed by atoms with Gasteiger partial charge in [-0.05, 0) is 36.6 Å². The number of aliphatic imine (C=N–C) groups is 1. The summed E-state index contributed by atoms with van der Waals surface area (Å²) in [6.45, 7) is 10.2. The number of likely N-dealkylation sites (tertiary alicyclic amines) is 1. The molecule has 6 heteroatoms. The number of hydrogen-bond donors (Lipinski definition) is 1. The Hall–Kier alpha value is -2.57. The molecule has 4 rings (SSSR count). The van der Waals surface area contributed by atoms with E-state index in [1.807, 2.05) is 30.3 Å². The first-order valence-corrected chi connectivity index (χ1v) is 11.4. The zero-order valence-electron chi connectivity index (χ0n) is 18.5. The van der Waals surface area contributed by atoms with Crippen molar-refractivity contribution in [1.29, 1.82) is 0 Å². The second-order valence-electron chi connectivity index (χ2n) is 8.13. The summed E-state index contributed by atoms with van der Waals surface area (Å²) in [5.74, 6) is 1.90. The Morgan fingerprint density at radius 1 is 1.03 bits per heavy atom. The lowest BCUT2D eigenvalue weighted by molar-refractivity contribution is 0.0195. The van der Waals surface area contributed by atoms with Crippen molar-refractivity contribution in [2.75, 3.05) is 45.9 Å². The average Bonchev–Trinajstić information content (AvgIpc) is 3.33. The van der Waals surface area contributed by atoms with Gasteiger partial charge in [0.15, 0.2) is 5.96 Å². The van der Waals surface area contributed by atoms with E-state index in [0.29, 0.717) is 19.2 Å². The Morgan fingerprint density at radius 2 is 1.81 bits per heavy atom. The normalized spacial score (nSPS) is 20.1. The molecule has 2 aliphatic heterocycles. The molecule has 2 fully saturated rings. The lowest BCUT2D eigenvalue weighted by atomic mass is 10.2. The van der Waals surface area contributed by atoms with E-state index in [-0.39, 0.29) is 0 Å². The number of nitrogens with zero attached hydrogens (tertiary/aromatic N) is 3. The molecule has 0 saturated carbocycles. The largest absolute Gasteiger partial charge is 0.489 e. The van der Waals surface area contributed by atoms with E-state index in [9.17, 15) is 0 Å². The maximum atomic E-state index is 5.89. The van der Waals surface area contributed by atoms with Crippen LogP contribution in [0.1, 0.15) is 24.5 Å². The minimum Gasteiger partial charge on any atom is -0.489 e. The minimum absolute atomic E-state index is 0.585. The van der Waals surface area contributed by atoms with Crippen LogP contribution in [0.25, 0.3) is 0 Å². The highest BCUT2D eigenvalue weighted by Crippen LogP contribution is 2.18. The van der Waals surface area contributed by atoms with Crippen LogP contribution < -0.4 is 10.1 Å². The summed E-state index contributed by atoms with van der Waals surface area (Å²) in [6.07, 6.45) is 1.19. The van der Waals surface area contributed by atoms with Gasteiger partial charge in [0.25, 0.3) is 0 Å². The zero-order valence-corrected chi connectivity index (χ0v) is 18.5. The van der Waals surface area contributed by atoms with Gasteiger partial charge >= 0.3 is 0 Å². The van der Waals surface area contributed by atoms with Gasteiger partial charge < -0.3 is 19.7 Å². The maximum Gasteiger partial charge on any atom is 0.194 e. The first-order valence-electron chi connectivity index (χ1n) is 11.4. The third kappa shape index (κ3) is 6.21. The van der Waals surface area contributed by atoms with Crippen LogP contribution in [0.2, 0.25) is 0 Å². The van der Waals surface area contributed by atoms with Gasteiger partial charge in [-0.3, -0.25) is 4.90 Å². The Balaban J connectivity index is 1.30. The van der Waals surface area contributed by atoms with Crippen molar-refractivity contribution >= 4 is 5.96 Å². The third-order valence-electron chi connectivity index (χ3n) is 5.94. The molecule has 31 heavy (non-hydrogen) atoms. The number of hydrogen-bond acceptors (Lipinski definition) is 4. The lowest BCUT2D eigenvalue weighted by Crippen LogP contribution is -2.46. The average molecular weight is 423 g/mol. The van der Waals surface area contributed by atoms with Crippen molar-refractivity contribution in [3.05, 3.63) is 65.7 Å². The first-order chi connectivity index (χ1) is 15.3. The highest BCUT2D eigenvalue weighted by molar-refractivity contribution is 5.80. The molecule has 1 unspecified atom stereocenters. The highest BCUT2D eigenvalue weighted by atomic mass is 16.5. The number of nitrogens with one attached hydrogen (secondary N) is 1. The molecule has 2 aromatic carbocycles. The molecule has 2 heterocycles. The molecule has 2 aliphatic rings. The van der Waals surface area contributed by atoms with Crippen molar-refractivity contribution in [2.45, 2.75) is 32.5 Å². The van der Waals surface area contributed by atoms with Crippen LogP contribution in [0, 0.1) is 0 Å². The molecule has 0 bridgehead atoms. The summed E-state index contributed by atoms with van der Waals surface area (Å²) in [5.41, 5.74) is 2.36. The fourth-order valence-corrected chi connectivity index (χ4v) is 4.20. The number of morpholine rings is 1. The molecular formula is C25H34N4O2. The molecule has 0 aromatic heterocycles. The Kier molecular flexibility index (Phi) is 7.80. The van der Waals surface area contributed by atoms with Crippen LogP contribution in [0.5, 0.6) is 5.75 Å². The van der Waals surface area contributed by atoms with Gasteiger partial charge in [0.2, 0.25) is 0 Å². The Labute approximate surface area is 185 Å². The van der Waals surface area contributed by atoms with E-state index in [4.69, 9.17) is 14.5 Å². The molecule has 0 amide bonds. The van der Waals surface area contributed by atoms with Crippen molar-refractivity contribution in [1.82, 2.24) is 15.1 Å². The van der Waals surface area contributed by atoms with E-state index in [1.54, 1.807) is 0 Å². The summed E-state index contributed by atoms with van der Waals surface area (Å²) in [5, 5.41) is 3.48. The summed E-state index contributed by atoms with van der Waals surface area (Å²) in [4.78, 5) is 9.89. The second-order valence-corrected chi connectivity index (χ2v) is 8.13. The predicted molar refractivity (Wildman–Crippen MR) is 124 cm³/mol. The minimum atomic E-state index is 0.585. The SMILES string of the molecule is CCNC(=NCc1ccc(OCc2ccccc2)cc1)N1CCC(N2CCOCC2)C1. The standard InChI is InChI=1S/C25H34N4O2/c1-2-26-25(29-13-12-23(19-29)28-14-16-30-17-15-28)27-18-21-8-10-24(11-9-21)31-20-22-6-4-3-5-7-22/h3-11,23H,2,12-20H2,1H3,(H,26,27). The summed E-state index contributed by atoms with van der Waals surface area (Å²) in [6, 6.07) is 19.1. The smallest absolute Gasteiger partial charge is 0.194 e. The maximum absolute atomic E-state index is 5.89. The van der Waals surface area contributed by atoms with Crippen LogP contribution >= 0.6 is 0 Å². The van der Waals surface area contributed by atoms with Crippen LogP contribution in [-0.4, -0.2) is 67.7 Å². The fourth-order valence-electron chi connectivity index (χ4n) is 4.20. The van der Waals surface area contributed by atoms with E-state index in [1.165, 1.54) is 17.5 Å². The van der Waals surface area contributed by atoms with E-state index in [0.717, 1.165) is 57.6 Å². The topological polar surface area (TPSA) is 49.3 Å². The fraction of sp³-hybridized carbons (Fsp3) is 0.480. The van der Waals surface area contributed by atoms with Gasteiger partial charge in [0.05, 0.1) is 19.8 Å². The number of ether oxygens (including phenoxy) is 2. The van der Waals surface area contributed by atoms with Crippen LogP contribution in [0.3, 0.4) is 0 Å².